The highest BCUT2D eigenvalue weighted by molar-refractivity contribution is 5.81. The van der Waals surface area contributed by atoms with Crippen molar-refractivity contribution in [1.82, 2.24) is 10.6 Å². The van der Waals surface area contributed by atoms with Crippen molar-refractivity contribution in [2.75, 3.05) is 7.05 Å². The Bertz CT molecular complexity index is 274. The van der Waals surface area contributed by atoms with Gasteiger partial charge in [-0.15, -0.1) is 0 Å². The molecule has 1 rings (SSSR count). The standard InChI is InChI=1S/C15H30N2O/c1-11(2)10-12(14(18)16-5)17-13-8-6-7-9-15(13,3)4/h11-13,17H,6-10H2,1-5H3,(H,16,18). The number of hydrogen-bond donors (Lipinski definition) is 2. The lowest BCUT2D eigenvalue weighted by Crippen LogP contribution is -2.53. The largest absolute Gasteiger partial charge is 0.358 e. The van der Waals surface area contributed by atoms with E-state index in [1.54, 1.807) is 7.05 Å². The molecular weight excluding hydrogens is 224 g/mol. The number of hydrogen-bond acceptors (Lipinski definition) is 2. The van der Waals surface area contributed by atoms with Crippen LogP contribution in [0.3, 0.4) is 0 Å². The Balaban J connectivity index is 2.66. The molecule has 0 bridgehead atoms. The van der Waals surface area contributed by atoms with Crippen molar-refractivity contribution in [3.05, 3.63) is 0 Å². The number of rotatable bonds is 5. The number of amides is 1. The molecule has 106 valence electrons. The molecule has 1 aliphatic rings. The molecule has 0 saturated heterocycles. The van der Waals surface area contributed by atoms with Crippen LogP contribution in [0, 0.1) is 11.3 Å². The third-order valence-corrected chi connectivity index (χ3v) is 4.18. The molecule has 0 radical (unpaired) electrons. The van der Waals surface area contributed by atoms with Crippen LogP contribution in [0.4, 0.5) is 0 Å². The summed E-state index contributed by atoms with van der Waals surface area (Å²) < 4.78 is 0. The van der Waals surface area contributed by atoms with Crippen molar-refractivity contribution in [2.45, 2.75) is 71.9 Å². The summed E-state index contributed by atoms with van der Waals surface area (Å²) in [6, 6.07) is 0.421. The second-order valence-electron chi connectivity index (χ2n) is 6.75. The first-order valence-electron chi connectivity index (χ1n) is 7.34. The van der Waals surface area contributed by atoms with Crippen molar-refractivity contribution >= 4 is 5.91 Å². The van der Waals surface area contributed by atoms with Crippen LogP contribution in [0.25, 0.3) is 0 Å². The predicted molar refractivity (Wildman–Crippen MR) is 76.5 cm³/mol. The van der Waals surface area contributed by atoms with Crippen molar-refractivity contribution in [1.29, 1.82) is 0 Å². The Hall–Kier alpha value is -0.570. The Morgan fingerprint density at radius 3 is 2.50 bits per heavy atom. The van der Waals surface area contributed by atoms with E-state index in [9.17, 15) is 4.79 Å². The first-order chi connectivity index (χ1) is 8.36. The van der Waals surface area contributed by atoms with E-state index in [0.29, 0.717) is 17.4 Å². The fraction of sp³-hybridized carbons (Fsp3) is 0.933. The Morgan fingerprint density at radius 1 is 1.33 bits per heavy atom. The molecule has 1 fully saturated rings. The number of carbonyl (C=O) groups excluding carboxylic acids is 1. The lowest BCUT2D eigenvalue weighted by molar-refractivity contribution is -0.123. The fourth-order valence-electron chi connectivity index (χ4n) is 2.94. The lowest BCUT2D eigenvalue weighted by Gasteiger charge is -2.41. The molecular formula is C15H30N2O. The average molecular weight is 254 g/mol. The minimum atomic E-state index is -0.0441. The van der Waals surface area contributed by atoms with Crippen molar-refractivity contribution in [3.8, 4) is 0 Å². The third-order valence-electron chi connectivity index (χ3n) is 4.18. The normalized spacial score (nSPS) is 24.9. The smallest absolute Gasteiger partial charge is 0.236 e. The van der Waals surface area contributed by atoms with Gasteiger partial charge in [0.25, 0.3) is 0 Å². The van der Waals surface area contributed by atoms with Crippen LogP contribution in [-0.4, -0.2) is 25.0 Å². The highest BCUT2D eigenvalue weighted by Crippen LogP contribution is 2.35. The summed E-state index contributed by atoms with van der Waals surface area (Å²) in [4.78, 5) is 12.0. The lowest BCUT2D eigenvalue weighted by atomic mass is 9.73. The topological polar surface area (TPSA) is 41.1 Å². The second kappa shape index (κ2) is 6.55. The summed E-state index contributed by atoms with van der Waals surface area (Å²) in [6.07, 6.45) is 5.96. The van der Waals surface area contributed by atoms with Crippen LogP contribution < -0.4 is 10.6 Å². The molecule has 2 unspecified atom stereocenters. The van der Waals surface area contributed by atoms with Gasteiger partial charge in [0, 0.05) is 13.1 Å². The predicted octanol–water partition coefficient (Wildman–Crippen LogP) is 2.71. The molecule has 18 heavy (non-hydrogen) atoms. The van der Waals surface area contributed by atoms with E-state index in [2.05, 4.69) is 38.3 Å². The SMILES string of the molecule is CNC(=O)C(CC(C)C)NC1CCCCC1(C)C. The molecule has 3 heteroatoms. The van der Waals surface area contributed by atoms with Gasteiger partial charge in [-0.3, -0.25) is 4.79 Å². The van der Waals surface area contributed by atoms with Crippen LogP contribution in [0.5, 0.6) is 0 Å². The molecule has 1 saturated carbocycles. The molecule has 0 aromatic heterocycles. The molecule has 2 N–H and O–H groups in total. The summed E-state index contributed by atoms with van der Waals surface area (Å²) in [5.41, 5.74) is 0.307. The van der Waals surface area contributed by atoms with E-state index in [-0.39, 0.29) is 11.9 Å². The quantitative estimate of drug-likeness (QED) is 0.792. The summed E-state index contributed by atoms with van der Waals surface area (Å²) in [6.45, 7) is 8.98. The van der Waals surface area contributed by atoms with Gasteiger partial charge in [-0.25, -0.2) is 0 Å². The van der Waals surface area contributed by atoms with E-state index in [1.165, 1.54) is 25.7 Å². The summed E-state index contributed by atoms with van der Waals surface area (Å²) >= 11 is 0. The van der Waals surface area contributed by atoms with Gasteiger partial charge in [0.15, 0.2) is 0 Å². The zero-order valence-corrected chi connectivity index (χ0v) is 12.7. The van der Waals surface area contributed by atoms with Crippen molar-refractivity contribution in [2.24, 2.45) is 11.3 Å². The van der Waals surface area contributed by atoms with Gasteiger partial charge in [0.1, 0.15) is 0 Å². The summed E-state index contributed by atoms with van der Waals surface area (Å²) in [5, 5.41) is 6.40. The maximum atomic E-state index is 12.0. The maximum absolute atomic E-state index is 12.0. The van der Waals surface area contributed by atoms with Crippen LogP contribution >= 0.6 is 0 Å². The fourth-order valence-corrected chi connectivity index (χ4v) is 2.94. The van der Waals surface area contributed by atoms with Gasteiger partial charge in [-0.2, -0.15) is 0 Å². The molecule has 1 aliphatic carbocycles. The van der Waals surface area contributed by atoms with Gasteiger partial charge >= 0.3 is 0 Å². The summed E-state index contributed by atoms with van der Waals surface area (Å²) in [7, 11) is 1.73. The molecule has 0 aromatic carbocycles. The van der Waals surface area contributed by atoms with Gasteiger partial charge in [-0.05, 0) is 30.6 Å². The Kier molecular flexibility index (Phi) is 5.64. The van der Waals surface area contributed by atoms with Crippen molar-refractivity contribution < 1.29 is 4.79 Å². The number of carbonyl (C=O) groups is 1. The molecule has 3 nitrogen and oxygen atoms in total. The highest BCUT2D eigenvalue weighted by atomic mass is 16.2. The minimum Gasteiger partial charge on any atom is -0.358 e. The van der Waals surface area contributed by atoms with Crippen LogP contribution in [0.15, 0.2) is 0 Å². The van der Waals surface area contributed by atoms with Crippen LogP contribution in [0.2, 0.25) is 0 Å². The number of likely N-dealkylation sites (N-methyl/N-ethyl adjacent to an activating group) is 1. The molecule has 1 amide bonds. The van der Waals surface area contributed by atoms with Crippen molar-refractivity contribution in [3.63, 3.8) is 0 Å². The zero-order valence-electron chi connectivity index (χ0n) is 12.7. The maximum Gasteiger partial charge on any atom is 0.236 e. The Labute approximate surface area is 112 Å². The van der Waals surface area contributed by atoms with Gasteiger partial charge in [0.2, 0.25) is 5.91 Å². The van der Waals surface area contributed by atoms with E-state index < -0.39 is 0 Å². The third kappa shape index (κ3) is 4.27. The van der Waals surface area contributed by atoms with Crippen LogP contribution in [-0.2, 0) is 4.79 Å². The monoisotopic (exact) mass is 254 g/mol. The molecule has 0 aromatic rings. The van der Waals surface area contributed by atoms with Gasteiger partial charge in [0.05, 0.1) is 6.04 Å². The minimum absolute atomic E-state index is 0.0441. The van der Waals surface area contributed by atoms with Crippen LogP contribution in [0.1, 0.15) is 59.8 Å². The first kappa shape index (κ1) is 15.5. The Morgan fingerprint density at radius 2 is 2.00 bits per heavy atom. The molecule has 2 atom stereocenters. The number of nitrogens with one attached hydrogen (secondary N) is 2. The van der Waals surface area contributed by atoms with E-state index >= 15 is 0 Å². The molecule has 0 heterocycles. The second-order valence-corrected chi connectivity index (χ2v) is 6.75. The average Bonchev–Trinajstić information content (AvgIpc) is 2.29. The molecule has 0 aliphatic heterocycles. The van der Waals surface area contributed by atoms with E-state index in [1.807, 2.05) is 0 Å². The first-order valence-corrected chi connectivity index (χ1v) is 7.34. The van der Waals surface area contributed by atoms with Gasteiger partial charge in [-0.1, -0.05) is 40.5 Å². The molecule has 0 spiro atoms. The zero-order chi connectivity index (χ0) is 13.8. The summed E-state index contributed by atoms with van der Waals surface area (Å²) in [5.74, 6) is 0.663. The highest BCUT2D eigenvalue weighted by Gasteiger charge is 2.34. The van der Waals surface area contributed by atoms with E-state index in [4.69, 9.17) is 0 Å². The van der Waals surface area contributed by atoms with Gasteiger partial charge < -0.3 is 10.6 Å². The van der Waals surface area contributed by atoms with E-state index in [0.717, 1.165) is 6.42 Å².